The molecule has 0 saturated carbocycles. The molecule has 2 rings (SSSR count). The number of fused-ring (bicyclic) bond motifs is 1. The SMILES string of the molecule is COc1cc2c(cc1C)C=CN(C)C2C. The van der Waals surface area contributed by atoms with Gasteiger partial charge in [0.15, 0.2) is 0 Å². The summed E-state index contributed by atoms with van der Waals surface area (Å²) in [5.41, 5.74) is 3.83. The van der Waals surface area contributed by atoms with Crippen molar-refractivity contribution in [3.05, 3.63) is 35.0 Å². The van der Waals surface area contributed by atoms with Crippen LogP contribution >= 0.6 is 0 Å². The van der Waals surface area contributed by atoms with Crippen LogP contribution in [0.1, 0.15) is 29.7 Å². The Morgan fingerprint density at radius 3 is 2.73 bits per heavy atom. The predicted octanol–water partition coefficient (Wildman–Crippen LogP) is 2.98. The Morgan fingerprint density at radius 1 is 1.33 bits per heavy atom. The van der Waals surface area contributed by atoms with E-state index in [4.69, 9.17) is 4.74 Å². The summed E-state index contributed by atoms with van der Waals surface area (Å²) < 4.78 is 5.35. The summed E-state index contributed by atoms with van der Waals surface area (Å²) in [5, 5.41) is 0. The second-order valence-corrected chi connectivity index (χ2v) is 4.11. The van der Waals surface area contributed by atoms with Crippen LogP contribution in [-0.2, 0) is 0 Å². The molecule has 2 nitrogen and oxygen atoms in total. The van der Waals surface area contributed by atoms with Gasteiger partial charge in [-0.25, -0.2) is 0 Å². The molecule has 0 aromatic heterocycles. The predicted molar refractivity (Wildman–Crippen MR) is 62.9 cm³/mol. The third-order valence-electron chi connectivity index (χ3n) is 3.15. The Hall–Kier alpha value is -1.44. The van der Waals surface area contributed by atoms with Gasteiger partial charge in [-0.05, 0) is 54.9 Å². The zero-order valence-electron chi connectivity index (χ0n) is 9.74. The van der Waals surface area contributed by atoms with Crippen LogP contribution in [0.2, 0.25) is 0 Å². The van der Waals surface area contributed by atoms with Crippen LogP contribution in [0.4, 0.5) is 0 Å². The Kier molecular flexibility index (Phi) is 2.43. The lowest BCUT2D eigenvalue weighted by atomic mass is 9.95. The zero-order chi connectivity index (χ0) is 11.0. The summed E-state index contributed by atoms with van der Waals surface area (Å²) in [5.74, 6) is 0.976. The number of rotatable bonds is 1. The maximum atomic E-state index is 5.35. The Balaban J connectivity index is 2.55. The first kappa shape index (κ1) is 10.1. The first-order valence-corrected chi connectivity index (χ1v) is 5.22. The van der Waals surface area contributed by atoms with E-state index in [1.165, 1.54) is 16.7 Å². The molecule has 0 radical (unpaired) electrons. The molecule has 0 saturated heterocycles. The maximum absolute atomic E-state index is 5.35. The van der Waals surface area contributed by atoms with Gasteiger partial charge in [-0.15, -0.1) is 0 Å². The lowest BCUT2D eigenvalue weighted by Gasteiger charge is -2.29. The van der Waals surface area contributed by atoms with Gasteiger partial charge in [0, 0.05) is 7.05 Å². The van der Waals surface area contributed by atoms with Gasteiger partial charge in [0.2, 0.25) is 0 Å². The van der Waals surface area contributed by atoms with Crippen molar-refractivity contribution in [2.24, 2.45) is 0 Å². The molecular formula is C13H17NO. The number of aryl methyl sites for hydroxylation is 1. The average Bonchev–Trinajstić information content (AvgIpc) is 2.23. The molecule has 1 atom stereocenters. The molecule has 1 heterocycles. The smallest absolute Gasteiger partial charge is 0.122 e. The van der Waals surface area contributed by atoms with Gasteiger partial charge in [0.25, 0.3) is 0 Å². The monoisotopic (exact) mass is 203 g/mol. The Bertz CT molecular complexity index is 409. The summed E-state index contributed by atoms with van der Waals surface area (Å²) in [6, 6.07) is 4.75. The van der Waals surface area contributed by atoms with Crippen molar-refractivity contribution in [1.82, 2.24) is 4.90 Å². The first-order valence-electron chi connectivity index (χ1n) is 5.22. The van der Waals surface area contributed by atoms with Crippen molar-refractivity contribution >= 4 is 6.08 Å². The van der Waals surface area contributed by atoms with Gasteiger partial charge in [-0.3, -0.25) is 0 Å². The highest BCUT2D eigenvalue weighted by Crippen LogP contribution is 2.33. The highest BCUT2D eigenvalue weighted by atomic mass is 16.5. The molecule has 2 heteroatoms. The zero-order valence-corrected chi connectivity index (χ0v) is 9.74. The van der Waals surface area contributed by atoms with E-state index in [0.717, 1.165) is 5.75 Å². The van der Waals surface area contributed by atoms with Crippen molar-refractivity contribution in [1.29, 1.82) is 0 Å². The highest BCUT2D eigenvalue weighted by molar-refractivity contribution is 5.60. The third-order valence-corrected chi connectivity index (χ3v) is 3.15. The van der Waals surface area contributed by atoms with E-state index in [0.29, 0.717) is 6.04 Å². The fraction of sp³-hybridized carbons (Fsp3) is 0.385. The van der Waals surface area contributed by atoms with Gasteiger partial charge in [0.1, 0.15) is 5.75 Å². The van der Waals surface area contributed by atoms with E-state index >= 15 is 0 Å². The first-order chi connectivity index (χ1) is 7.13. The third kappa shape index (κ3) is 1.60. The van der Waals surface area contributed by atoms with Crippen LogP contribution in [-0.4, -0.2) is 19.1 Å². The minimum absolute atomic E-state index is 0.416. The minimum Gasteiger partial charge on any atom is -0.496 e. The maximum Gasteiger partial charge on any atom is 0.122 e. The summed E-state index contributed by atoms with van der Waals surface area (Å²) in [6.45, 7) is 4.28. The lowest BCUT2D eigenvalue weighted by molar-refractivity contribution is 0.354. The lowest BCUT2D eigenvalue weighted by Crippen LogP contribution is -2.19. The molecule has 0 N–H and O–H groups in total. The summed E-state index contributed by atoms with van der Waals surface area (Å²) >= 11 is 0. The second-order valence-electron chi connectivity index (χ2n) is 4.11. The number of hydrogen-bond acceptors (Lipinski definition) is 2. The van der Waals surface area contributed by atoms with Crippen LogP contribution < -0.4 is 4.74 Å². The van der Waals surface area contributed by atoms with Gasteiger partial charge >= 0.3 is 0 Å². The summed E-state index contributed by atoms with van der Waals surface area (Å²) in [6.07, 6.45) is 4.28. The largest absolute Gasteiger partial charge is 0.496 e. The van der Waals surface area contributed by atoms with Crippen LogP contribution in [0.15, 0.2) is 18.3 Å². The van der Waals surface area contributed by atoms with Crippen molar-refractivity contribution in [3.63, 3.8) is 0 Å². The summed E-state index contributed by atoms with van der Waals surface area (Å²) in [4.78, 5) is 2.21. The van der Waals surface area contributed by atoms with Crippen LogP contribution in [0.5, 0.6) is 5.75 Å². The number of nitrogens with zero attached hydrogens (tertiary/aromatic N) is 1. The van der Waals surface area contributed by atoms with E-state index in [1.807, 2.05) is 0 Å². The number of methoxy groups -OCH3 is 1. The van der Waals surface area contributed by atoms with Gasteiger partial charge < -0.3 is 9.64 Å². The van der Waals surface area contributed by atoms with Crippen LogP contribution in [0.3, 0.4) is 0 Å². The van der Waals surface area contributed by atoms with Crippen LogP contribution in [0, 0.1) is 6.92 Å². The molecule has 1 unspecified atom stereocenters. The minimum atomic E-state index is 0.416. The van der Waals surface area contributed by atoms with Crippen molar-refractivity contribution < 1.29 is 4.74 Å². The van der Waals surface area contributed by atoms with Gasteiger partial charge in [0.05, 0.1) is 13.2 Å². The normalized spacial score (nSPS) is 18.9. The molecule has 0 fully saturated rings. The van der Waals surface area contributed by atoms with E-state index in [-0.39, 0.29) is 0 Å². The molecule has 0 bridgehead atoms. The second kappa shape index (κ2) is 3.61. The topological polar surface area (TPSA) is 12.5 Å². The Morgan fingerprint density at radius 2 is 2.07 bits per heavy atom. The van der Waals surface area contributed by atoms with E-state index in [1.54, 1.807) is 7.11 Å². The molecule has 80 valence electrons. The fourth-order valence-corrected chi connectivity index (χ4v) is 2.00. The van der Waals surface area contributed by atoms with E-state index in [9.17, 15) is 0 Å². The van der Waals surface area contributed by atoms with E-state index in [2.05, 4.69) is 50.2 Å². The summed E-state index contributed by atoms with van der Waals surface area (Å²) in [7, 11) is 3.82. The molecular weight excluding hydrogens is 186 g/mol. The Labute approximate surface area is 91.2 Å². The van der Waals surface area contributed by atoms with Crippen molar-refractivity contribution in [3.8, 4) is 5.75 Å². The number of benzene rings is 1. The average molecular weight is 203 g/mol. The molecule has 1 aliphatic rings. The van der Waals surface area contributed by atoms with E-state index < -0.39 is 0 Å². The molecule has 0 amide bonds. The van der Waals surface area contributed by atoms with Crippen LogP contribution in [0.25, 0.3) is 6.08 Å². The van der Waals surface area contributed by atoms with Crippen molar-refractivity contribution in [2.75, 3.05) is 14.2 Å². The number of hydrogen-bond donors (Lipinski definition) is 0. The fourth-order valence-electron chi connectivity index (χ4n) is 2.00. The molecule has 1 aromatic rings. The van der Waals surface area contributed by atoms with Gasteiger partial charge in [-0.2, -0.15) is 0 Å². The highest BCUT2D eigenvalue weighted by Gasteiger charge is 2.17. The number of ether oxygens (including phenoxy) is 1. The quantitative estimate of drug-likeness (QED) is 0.695. The molecule has 0 aliphatic carbocycles. The molecule has 15 heavy (non-hydrogen) atoms. The molecule has 0 spiro atoms. The van der Waals surface area contributed by atoms with Crippen molar-refractivity contribution in [2.45, 2.75) is 19.9 Å². The van der Waals surface area contributed by atoms with Gasteiger partial charge in [-0.1, -0.05) is 0 Å². The standard InChI is InChI=1S/C13H17NO/c1-9-7-11-5-6-14(3)10(2)12(11)8-13(9)15-4/h5-8,10H,1-4H3. The molecule has 1 aliphatic heterocycles. The molecule has 1 aromatic carbocycles.